The molecule has 1 saturated heterocycles. The van der Waals surface area contributed by atoms with Crippen LogP contribution in [-0.4, -0.2) is 64.1 Å². The summed E-state index contributed by atoms with van der Waals surface area (Å²) < 4.78 is 7.20. The van der Waals surface area contributed by atoms with Crippen LogP contribution in [0, 0.1) is 0 Å². The molecule has 0 unspecified atom stereocenters. The van der Waals surface area contributed by atoms with Gasteiger partial charge in [0.2, 0.25) is 0 Å². The number of anilines is 1. The number of carbonyl (C=O) groups is 2. The van der Waals surface area contributed by atoms with E-state index in [0.29, 0.717) is 30.7 Å². The fourth-order valence-electron chi connectivity index (χ4n) is 3.69. The first-order valence-electron chi connectivity index (χ1n) is 10.2. The monoisotopic (exact) mass is 407 g/mol. The van der Waals surface area contributed by atoms with Crippen LogP contribution in [0.25, 0.3) is 11.0 Å². The number of esters is 1. The number of nitrogens with zero attached hydrogens (tertiary/aromatic N) is 5. The third-order valence-corrected chi connectivity index (χ3v) is 5.39. The lowest BCUT2D eigenvalue weighted by Crippen LogP contribution is -2.51. The predicted octanol–water partition coefficient (Wildman–Crippen LogP) is 2.35. The summed E-state index contributed by atoms with van der Waals surface area (Å²) in [5.74, 6) is -0.708. The summed E-state index contributed by atoms with van der Waals surface area (Å²) in [4.78, 5) is 29.3. The van der Waals surface area contributed by atoms with Crippen molar-refractivity contribution in [1.29, 1.82) is 0 Å². The van der Waals surface area contributed by atoms with E-state index in [1.807, 2.05) is 25.1 Å². The Balaban J connectivity index is 1.35. The minimum Gasteiger partial charge on any atom is -0.449 e. The maximum absolute atomic E-state index is 12.8. The summed E-state index contributed by atoms with van der Waals surface area (Å²) in [6.07, 6.45) is -0.845. The topological polar surface area (TPSA) is 80.6 Å². The van der Waals surface area contributed by atoms with Crippen molar-refractivity contribution in [2.75, 3.05) is 31.1 Å². The number of para-hydroxylation sites is 1. The molecule has 0 radical (unpaired) electrons. The van der Waals surface area contributed by atoms with E-state index in [9.17, 15) is 9.59 Å². The molecule has 0 N–H and O–H groups in total. The Morgan fingerprint density at radius 2 is 1.80 bits per heavy atom. The van der Waals surface area contributed by atoms with E-state index in [4.69, 9.17) is 4.74 Å². The quantitative estimate of drug-likeness (QED) is 0.604. The average molecular weight is 407 g/mol. The van der Waals surface area contributed by atoms with Crippen LogP contribution in [0.4, 0.5) is 5.69 Å². The molecule has 2 heterocycles. The summed E-state index contributed by atoms with van der Waals surface area (Å²) in [5.41, 5.74) is 3.00. The summed E-state index contributed by atoms with van der Waals surface area (Å²) in [7, 11) is 0. The average Bonchev–Trinajstić information content (AvgIpc) is 3.21. The molecule has 4 rings (SSSR count). The van der Waals surface area contributed by atoms with Gasteiger partial charge >= 0.3 is 5.97 Å². The third-order valence-electron chi connectivity index (χ3n) is 5.39. The highest BCUT2D eigenvalue weighted by Gasteiger charge is 2.27. The van der Waals surface area contributed by atoms with Gasteiger partial charge in [-0.05, 0) is 44.2 Å². The number of hydrogen-bond acceptors (Lipinski definition) is 6. The SMILES string of the molecule is CCn1nnc2cc(C(=O)O[C@@H](C)C(=O)N3CCN(c4ccccc4)CC3)ccc21. The molecule has 1 aliphatic rings. The molecule has 0 bridgehead atoms. The molecule has 3 aromatic rings. The van der Waals surface area contributed by atoms with Crippen LogP contribution in [0.3, 0.4) is 0 Å². The Morgan fingerprint density at radius 3 is 2.50 bits per heavy atom. The zero-order valence-electron chi connectivity index (χ0n) is 17.2. The van der Waals surface area contributed by atoms with Crippen LogP contribution >= 0.6 is 0 Å². The van der Waals surface area contributed by atoms with Crippen molar-refractivity contribution in [2.24, 2.45) is 0 Å². The van der Waals surface area contributed by atoms with Gasteiger partial charge in [-0.3, -0.25) is 4.79 Å². The van der Waals surface area contributed by atoms with Crippen molar-refractivity contribution in [2.45, 2.75) is 26.5 Å². The molecule has 8 heteroatoms. The molecule has 30 heavy (non-hydrogen) atoms. The van der Waals surface area contributed by atoms with Gasteiger partial charge in [0.15, 0.2) is 6.10 Å². The molecule has 1 aromatic heterocycles. The van der Waals surface area contributed by atoms with Crippen LogP contribution in [0.5, 0.6) is 0 Å². The molecule has 0 saturated carbocycles. The number of piperazine rings is 1. The Kier molecular flexibility index (Phi) is 5.65. The molecule has 1 fully saturated rings. The summed E-state index contributed by atoms with van der Waals surface area (Å²) in [6.45, 7) is 6.99. The number of hydrogen-bond donors (Lipinski definition) is 0. The van der Waals surface area contributed by atoms with Gasteiger partial charge in [0, 0.05) is 38.4 Å². The first-order valence-corrected chi connectivity index (χ1v) is 10.2. The van der Waals surface area contributed by atoms with Crippen LogP contribution < -0.4 is 4.90 Å². The van der Waals surface area contributed by atoms with E-state index in [0.717, 1.165) is 24.3 Å². The van der Waals surface area contributed by atoms with E-state index >= 15 is 0 Å². The first kappa shape index (κ1) is 19.9. The molecule has 0 aliphatic carbocycles. The standard InChI is InChI=1S/C22H25N5O3/c1-3-27-20-10-9-17(15-19(20)23-24-27)22(29)30-16(2)21(28)26-13-11-25(12-14-26)18-7-5-4-6-8-18/h4-10,15-16H,3,11-14H2,1-2H3/t16-/m0/s1. The van der Waals surface area contributed by atoms with Crippen molar-refractivity contribution < 1.29 is 14.3 Å². The number of aryl methyl sites for hydroxylation is 1. The number of amides is 1. The van der Waals surface area contributed by atoms with Crippen LogP contribution in [0.15, 0.2) is 48.5 Å². The molecular formula is C22H25N5O3. The Hall–Kier alpha value is -3.42. The van der Waals surface area contributed by atoms with Crippen LogP contribution in [-0.2, 0) is 16.1 Å². The fourth-order valence-corrected chi connectivity index (χ4v) is 3.69. The van der Waals surface area contributed by atoms with E-state index in [1.165, 1.54) is 0 Å². The summed E-state index contributed by atoms with van der Waals surface area (Å²) in [5, 5.41) is 8.12. The summed E-state index contributed by atoms with van der Waals surface area (Å²) >= 11 is 0. The van der Waals surface area contributed by atoms with Crippen LogP contribution in [0.1, 0.15) is 24.2 Å². The van der Waals surface area contributed by atoms with E-state index in [1.54, 1.807) is 34.7 Å². The Morgan fingerprint density at radius 1 is 1.07 bits per heavy atom. The summed E-state index contributed by atoms with van der Waals surface area (Å²) in [6, 6.07) is 15.3. The highest BCUT2D eigenvalue weighted by Crippen LogP contribution is 2.18. The smallest absolute Gasteiger partial charge is 0.338 e. The molecule has 2 aromatic carbocycles. The normalized spacial score (nSPS) is 15.3. The fraction of sp³-hybridized carbons (Fsp3) is 0.364. The highest BCUT2D eigenvalue weighted by molar-refractivity contribution is 5.95. The van der Waals surface area contributed by atoms with Crippen LogP contribution in [0.2, 0.25) is 0 Å². The lowest BCUT2D eigenvalue weighted by atomic mass is 10.2. The molecule has 8 nitrogen and oxygen atoms in total. The van der Waals surface area contributed by atoms with E-state index in [2.05, 4.69) is 27.3 Å². The molecule has 0 spiro atoms. The second kappa shape index (κ2) is 8.52. The van der Waals surface area contributed by atoms with Gasteiger partial charge in [-0.25, -0.2) is 9.48 Å². The Labute approximate surface area is 175 Å². The first-order chi connectivity index (χ1) is 14.6. The van der Waals surface area contributed by atoms with Crippen molar-refractivity contribution in [3.8, 4) is 0 Å². The number of carbonyl (C=O) groups excluding carboxylic acids is 2. The highest BCUT2D eigenvalue weighted by atomic mass is 16.5. The number of rotatable bonds is 5. The molecule has 1 aliphatic heterocycles. The van der Waals surface area contributed by atoms with Crippen molar-refractivity contribution in [1.82, 2.24) is 19.9 Å². The van der Waals surface area contributed by atoms with E-state index < -0.39 is 12.1 Å². The number of benzene rings is 2. The number of fused-ring (bicyclic) bond motifs is 1. The molecule has 1 amide bonds. The van der Waals surface area contributed by atoms with Gasteiger partial charge in [0.05, 0.1) is 11.1 Å². The number of aromatic nitrogens is 3. The van der Waals surface area contributed by atoms with Crippen molar-refractivity contribution in [3.05, 3.63) is 54.1 Å². The van der Waals surface area contributed by atoms with Gasteiger partial charge in [0.1, 0.15) is 5.52 Å². The van der Waals surface area contributed by atoms with Crippen molar-refractivity contribution >= 4 is 28.6 Å². The van der Waals surface area contributed by atoms with Gasteiger partial charge in [-0.15, -0.1) is 5.10 Å². The van der Waals surface area contributed by atoms with Gasteiger partial charge in [0.25, 0.3) is 5.91 Å². The zero-order valence-corrected chi connectivity index (χ0v) is 17.2. The second-order valence-electron chi connectivity index (χ2n) is 7.30. The maximum atomic E-state index is 12.8. The molecule has 1 atom stereocenters. The van der Waals surface area contributed by atoms with Gasteiger partial charge in [-0.2, -0.15) is 0 Å². The minimum absolute atomic E-state index is 0.172. The van der Waals surface area contributed by atoms with Gasteiger partial charge in [-0.1, -0.05) is 23.4 Å². The molecule has 156 valence electrons. The second-order valence-corrected chi connectivity index (χ2v) is 7.30. The Bertz CT molecular complexity index is 1040. The lowest BCUT2D eigenvalue weighted by molar-refractivity contribution is -0.140. The molecular weight excluding hydrogens is 382 g/mol. The largest absolute Gasteiger partial charge is 0.449 e. The van der Waals surface area contributed by atoms with Crippen molar-refractivity contribution in [3.63, 3.8) is 0 Å². The lowest BCUT2D eigenvalue weighted by Gasteiger charge is -2.37. The zero-order chi connectivity index (χ0) is 21.1. The predicted molar refractivity (Wildman–Crippen MR) is 113 cm³/mol. The van der Waals surface area contributed by atoms with Gasteiger partial charge < -0.3 is 14.5 Å². The minimum atomic E-state index is -0.845. The van der Waals surface area contributed by atoms with E-state index in [-0.39, 0.29) is 5.91 Å². The maximum Gasteiger partial charge on any atom is 0.338 e. The number of ether oxygens (including phenoxy) is 1. The third kappa shape index (κ3) is 3.98.